The van der Waals surface area contributed by atoms with Crippen LogP contribution in [0.2, 0.25) is 5.02 Å². The quantitative estimate of drug-likeness (QED) is 0.478. The molecule has 3 rings (SSSR count). The van der Waals surface area contributed by atoms with Crippen LogP contribution in [-0.2, 0) is 19.1 Å². The Kier molecular flexibility index (Phi) is 7.04. The molecule has 0 amide bonds. The summed E-state index contributed by atoms with van der Waals surface area (Å²) in [5.74, 6) is -8.77. The molecule has 2 aromatic heterocycles. The molecule has 0 spiro atoms. The third-order valence-electron chi connectivity index (χ3n) is 4.49. The van der Waals surface area contributed by atoms with Gasteiger partial charge in [-0.1, -0.05) is 11.6 Å². The summed E-state index contributed by atoms with van der Waals surface area (Å²) in [6.07, 6.45) is -3.81. The molecule has 0 saturated carbocycles. The number of rotatable bonds is 7. The Balaban J connectivity index is 2.18. The topological polar surface area (TPSA) is 121 Å². The van der Waals surface area contributed by atoms with Gasteiger partial charge in [0.05, 0.1) is 25.0 Å². The number of hydrogen-bond acceptors (Lipinski definition) is 6. The van der Waals surface area contributed by atoms with Gasteiger partial charge in [-0.25, -0.2) is 18.2 Å². The highest BCUT2D eigenvalue weighted by Crippen LogP contribution is 2.39. The van der Waals surface area contributed by atoms with Crippen molar-refractivity contribution < 1.29 is 31.8 Å². The van der Waals surface area contributed by atoms with Crippen molar-refractivity contribution in [3.8, 4) is 17.6 Å². The normalized spacial score (nSPS) is 11.5. The molecule has 0 aliphatic carbocycles. The summed E-state index contributed by atoms with van der Waals surface area (Å²) < 4.78 is 74.4. The molecule has 0 unspecified atom stereocenters. The summed E-state index contributed by atoms with van der Waals surface area (Å²) in [5, 5.41) is 17.7. The Labute approximate surface area is 191 Å². The molecule has 2 heterocycles. The van der Waals surface area contributed by atoms with E-state index in [4.69, 9.17) is 26.7 Å². The van der Waals surface area contributed by atoms with Gasteiger partial charge in [0.15, 0.2) is 17.3 Å². The van der Waals surface area contributed by atoms with E-state index in [9.17, 15) is 31.5 Å². The smallest absolute Gasteiger partial charge is 0.352 e. The lowest BCUT2D eigenvalue weighted by Gasteiger charge is -2.19. The molecule has 8 nitrogen and oxygen atoms in total. The molecule has 0 fully saturated rings. The van der Waals surface area contributed by atoms with Crippen LogP contribution < -0.4 is 15.9 Å². The molecular formula is C20H12ClF5N4O4. The summed E-state index contributed by atoms with van der Waals surface area (Å²) in [6, 6.07) is 5.62. The van der Waals surface area contributed by atoms with E-state index in [1.54, 1.807) is 0 Å². The monoisotopic (exact) mass is 502 g/mol. The molecule has 178 valence electrons. The number of alkyl halides is 4. The van der Waals surface area contributed by atoms with Crippen LogP contribution in [0, 0.1) is 17.1 Å². The highest BCUT2D eigenvalue weighted by Gasteiger charge is 2.48. The Morgan fingerprint density at radius 1 is 1.29 bits per heavy atom. The summed E-state index contributed by atoms with van der Waals surface area (Å²) in [4.78, 5) is 30.5. The van der Waals surface area contributed by atoms with Gasteiger partial charge in [0.1, 0.15) is 6.07 Å². The van der Waals surface area contributed by atoms with Gasteiger partial charge in [-0.15, -0.1) is 0 Å². The zero-order valence-corrected chi connectivity index (χ0v) is 17.4. The minimum atomic E-state index is -4.97. The summed E-state index contributed by atoms with van der Waals surface area (Å²) in [5.41, 5.74) is -4.56. The van der Waals surface area contributed by atoms with Crippen LogP contribution in [0.25, 0.3) is 0 Å². The number of nitriles is 1. The fraction of sp³-hybridized carbons (Fsp3) is 0.200. The van der Waals surface area contributed by atoms with Gasteiger partial charge in [-0.2, -0.15) is 14.0 Å². The number of aliphatic hydroxyl groups excluding tert-OH is 1. The average molecular weight is 503 g/mol. The van der Waals surface area contributed by atoms with Gasteiger partial charge >= 0.3 is 12.3 Å². The van der Waals surface area contributed by atoms with E-state index in [0.717, 1.165) is 12.1 Å². The molecule has 1 aromatic carbocycles. The number of H-pyrrole nitrogens is 1. The molecule has 0 aliphatic rings. The lowest BCUT2D eigenvalue weighted by molar-refractivity contribution is -0.139. The molecule has 3 aromatic rings. The van der Waals surface area contributed by atoms with Crippen molar-refractivity contribution in [2.24, 2.45) is 0 Å². The van der Waals surface area contributed by atoms with Crippen molar-refractivity contribution in [3.05, 3.63) is 84.7 Å². The van der Waals surface area contributed by atoms with Crippen molar-refractivity contribution in [1.29, 1.82) is 5.26 Å². The molecule has 0 radical (unpaired) electrons. The largest absolute Gasteiger partial charge is 0.446 e. The lowest BCUT2D eigenvalue weighted by atomic mass is 10.2. The maximum atomic E-state index is 14.5. The Morgan fingerprint density at radius 3 is 2.59 bits per heavy atom. The first-order chi connectivity index (χ1) is 16.0. The van der Waals surface area contributed by atoms with Gasteiger partial charge < -0.3 is 14.8 Å². The second-order valence-electron chi connectivity index (χ2n) is 6.75. The number of pyridine rings is 1. The van der Waals surface area contributed by atoms with E-state index in [1.165, 1.54) is 18.2 Å². The number of nitrogens with one attached hydrogen (secondary N) is 1. The maximum absolute atomic E-state index is 14.5. The van der Waals surface area contributed by atoms with Crippen molar-refractivity contribution in [2.45, 2.75) is 25.5 Å². The Hall–Kier alpha value is -3.76. The van der Waals surface area contributed by atoms with Crippen LogP contribution in [0.4, 0.5) is 22.0 Å². The summed E-state index contributed by atoms with van der Waals surface area (Å²) >= 11 is 5.75. The average Bonchev–Trinajstić information content (AvgIpc) is 2.79. The molecule has 0 saturated heterocycles. The van der Waals surface area contributed by atoms with E-state index in [2.05, 4.69) is 9.97 Å². The summed E-state index contributed by atoms with van der Waals surface area (Å²) in [7, 11) is 0. The Morgan fingerprint density at radius 2 is 2.00 bits per heavy atom. The molecule has 14 heteroatoms. The number of aromatic nitrogens is 3. The van der Waals surface area contributed by atoms with E-state index in [-0.39, 0.29) is 16.3 Å². The van der Waals surface area contributed by atoms with Gasteiger partial charge in [-0.05, 0) is 18.2 Å². The molecule has 34 heavy (non-hydrogen) atoms. The van der Waals surface area contributed by atoms with Gasteiger partial charge in [0.25, 0.3) is 11.1 Å². The minimum Gasteiger partial charge on any atom is -0.446 e. The van der Waals surface area contributed by atoms with Crippen molar-refractivity contribution in [3.63, 3.8) is 0 Å². The first-order valence-corrected chi connectivity index (χ1v) is 9.52. The number of aromatic amines is 1. The SMILES string of the molecule is N#Cc1cc(Cl)cc(Oc2c(C(F)(F)C(F)F)ncn(Cc3ccc(CO)[nH]c3=O)c2=O)c1F. The predicted octanol–water partition coefficient (Wildman–Crippen LogP) is 3.29. The standard InChI is InChI=1S/C20H12ClF5N4O4/c21-11-3-10(5-27)14(22)13(4-11)34-15-16(20(25,26)19(23)24)28-8-30(18(15)33)6-9-1-2-12(7-31)29-17(9)32/h1-4,8,19,31H,6-7H2,(H,29,32). The van der Waals surface area contributed by atoms with Crippen LogP contribution in [0.3, 0.4) is 0 Å². The van der Waals surface area contributed by atoms with Crippen LogP contribution in [-0.4, -0.2) is 26.1 Å². The van der Waals surface area contributed by atoms with Crippen LogP contribution in [0.5, 0.6) is 11.5 Å². The number of aliphatic hydroxyl groups is 1. The van der Waals surface area contributed by atoms with Crippen LogP contribution >= 0.6 is 11.6 Å². The van der Waals surface area contributed by atoms with E-state index in [0.29, 0.717) is 10.9 Å². The lowest BCUT2D eigenvalue weighted by Crippen LogP contribution is -2.32. The van der Waals surface area contributed by atoms with E-state index < -0.39 is 65.2 Å². The number of halogens is 6. The van der Waals surface area contributed by atoms with E-state index in [1.807, 2.05) is 0 Å². The minimum absolute atomic E-state index is 0.0823. The number of hydrogen-bond donors (Lipinski definition) is 2. The highest BCUT2D eigenvalue weighted by atomic mass is 35.5. The van der Waals surface area contributed by atoms with Gasteiger partial charge in [0, 0.05) is 22.3 Å². The van der Waals surface area contributed by atoms with E-state index >= 15 is 0 Å². The third-order valence-corrected chi connectivity index (χ3v) is 4.70. The summed E-state index contributed by atoms with van der Waals surface area (Å²) in [6.45, 7) is -1.05. The highest BCUT2D eigenvalue weighted by molar-refractivity contribution is 6.30. The van der Waals surface area contributed by atoms with Crippen molar-refractivity contribution in [1.82, 2.24) is 14.5 Å². The maximum Gasteiger partial charge on any atom is 0.352 e. The first kappa shape index (κ1) is 24.9. The zero-order valence-electron chi connectivity index (χ0n) is 16.7. The number of ether oxygens (including phenoxy) is 1. The molecule has 2 N–H and O–H groups in total. The Bertz CT molecular complexity index is 1400. The third kappa shape index (κ3) is 4.78. The fourth-order valence-corrected chi connectivity index (χ4v) is 3.00. The fourth-order valence-electron chi connectivity index (χ4n) is 2.79. The second-order valence-corrected chi connectivity index (χ2v) is 7.19. The zero-order chi connectivity index (χ0) is 25.2. The molecule has 0 aliphatic heterocycles. The van der Waals surface area contributed by atoms with Crippen LogP contribution in [0.1, 0.15) is 22.5 Å². The van der Waals surface area contributed by atoms with Crippen molar-refractivity contribution in [2.75, 3.05) is 0 Å². The van der Waals surface area contributed by atoms with Crippen molar-refractivity contribution >= 4 is 11.6 Å². The predicted molar refractivity (Wildman–Crippen MR) is 107 cm³/mol. The van der Waals surface area contributed by atoms with Gasteiger partial charge in [0.2, 0.25) is 5.75 Å². The number of nitrogens with zero attached hydrogens (tertiary/aromatic N) is 3. The molecule has 0 bridgehead atoms. The first-order valence-electron chi connectivity index (χ1n) is 9.14. The molecular weight excluding hydrogens is 491 g/mol. The van der Waals surface area contributed by atoms with Crippen LogP contribution in [0.15, 0.2) is 40.2 Å². The molecule has 0 atom stereocenters. The second kappa shape index (κ2) is 9.62. The number of benzene rings is 1. The van der Waals surface area contributed by atoms with Gasteiger partial charge in [-0.3, -0.25) is 14.2 Å².